The van der Waals surface area contributed by atoms with Crippen LogP contribution in [0.2, 0.25) is 0 Å². The molecule has 4 heteroatoms. The minimum Gasteiger partial charge on any atom is -0.312 e. The third-order valence-corrected chi connectivity index (χ3v) is 3.83. The van der Waals surface area contributed by atoms with E-state index in [4.69, 9.17) is 0 Å². The molecule has 2 atom stereocenters. The van der Waals surface area contributed by atoms with Crippen LogP contribution in [0.4, 0.5) is 0 Å². The Labute approximate surface area is 110 Å². The summed E-state index contributed by atoms with van der Waals surface area (Å²) in [6.45, 7) is 6.59. The van der Waals surface area contributed by atoms with Crippen molar-refractivity contribution in [3.8, 4) is 0 Å². The van der Waals surface area contributed by atoms with Gasteiger partial charge in [0.2, 0.25) is 0 Å². The van der Waals surface area contributed by atoms with Crippen LogP contribution in [0.15, 0.2) is 12.4 Å². The van der Waals surface area contributed by atoms with Gasteiger partial charge in [0.05, 0.1) is 12.7 Å². The maximum absolute atomic E-state index is 3.98. The SMILES string of the molecule is CC(C)CC1CCCC(NCCn2ccnn2)C1. The Bertz CT molecular complexity index is 321. The van der Waals surface area contributed by atoms with Gasteiger partial charge in [-0.1, -0.05) is 31.9 Å². The normalized spacial score (nSPS) is 24.6. The first-order chi connectivity index (χ1) is 8.74. The van der Waals surface area contributed by atoms with Gasteiger partial charge in [0.25, 0.3) is 0 Å². The summed E-state index contributed by atoms with van der Waals surface area (Å²) in [6.07, 6.45) is 10.6. The van der Waals surface area contributed by atoms with E-state index >= 15 is 0 Å². The van der Waals surface area contributed by atoms with Crippen molar-refractivity contribution in [3.63, 3.8) is 0 Å². The largest absolute Gasteiger partial charge is 0.312 e. The summed E-state index contributed by atoms with van der Waals surface area (Å²) >= 11 is 0. The van der Waals surface area contributed by atoms with Crippen LogP contribution in [-0.2, 0) is 6.54 Å². The molecule has 1 fully saturated rings. The molecule has 0 aromatic carbocycles. The van der Waals surface area contributed by atoms with Gasteiger partial charge in [-0.3, -0.25) is 4.68 Å². The lowest BCUT2D eigenvalue weighted by molar-refractivity contribution is 0.251. The molecule has 0 aliphatic heterocycles. The van der Waals surface area contributed by atoms with E-state index in [-0.39, 0.29) is 0 Å². The number of hydrogen-bond donors (Lipinski definition) is 1. The van der Waals surface area contributed by atoms with E-state index in [2.05, 4.69) is 29.5 Å². The summed E-state index contributed by atoms with van der Waals surface area (Å²) in [5.41, 5.74) is 0. The molecule has 0 radical (unpaired) electrons. The fourth-order valence-electron chi connectivity index (χ4n) is 3.09. The van der Waals surface area contributed by atoms with Gasteiger partial charge in [-0.05, 0) is 31.1 Å². The van der Waals surface area contributed by atoms with Crippen LogP contribution < -0.4 is 5.32 Å². The van der Waals surface area contributed by atoms with Crippen molar-refractivity contribution in [2.24, 2.45) is 11.8 Å². The van der Waals surface area contributed by atoms with Crippen molar-refractivity contribution in [2.75, 3.05) is 6.54 Å². The highest BCUT2D eigenvalue weighted by Gasteiger charge is 2.21. The van der Waals surface area contributed by atoms with E-state index < -0.39 is 0 Å². The van der Waals surface area contributed by atoms with Crippen molar-refractivity contribution in [3.05, 3.63) is 12.4 Å². The third kappa shape index (κ3) is 4.41. The van der Waals surface area contributed by atoms with Gasteiger partial charge in [-0.2, -0.15) is 0 Å². The van der Waals surface area contributed by atoms with E-state index in [1.165, 1.54) is 32.1 Å². The average Bonchev–Trinajstić information content (AvgIpc) is 2.82. The zero-order valence-electron chi connectivity index (χ0n) is 11.7. The summed E-state index contributed by atoms with van der Waals surface area (Å²) in [6, 6.07) is 0.714. The molecule has 102 valence electrons. The van der Waals surface area contributed by atoms with Crippen molar-refractivity contribution < 1.29 is 0 Å². The molecule has 2 rings (SSSR count). The van der Waals surface area contributed by atoms with Crippen LogP contribution >= 0.6 is 0 Å². The molecule has 18 heavy (non-hydrogen) atoms. The Kier molecular flexibility index (Phi) is 5.17. The topological polar surface area (TPSA) is 42.7 Å². The molecule has 1 saturated carbocycles. The van der Waals surface area contributed by atoms with Gasteiger partial charge in [0.1, 0.15) is 0 Å². The van der Waals surface area contributed by atoms with E-state index in [0.29, 0.717) is 6.04 Å². The summed E-state index contributed by atoms with van der Waals surface area (Å²) in [7, 11) is 0. The number of nitrogens with zero attached hydrogens (tertiary/aromatic N) is 3. The monoisotopic (exact) mass is 250 g/mol. The predicted molar refractivity (Wildman–Crippen MR) is 73.2 cm³/mol. The first-order valence-corrected chi connectivity index (χ1v) is 7.31. The molecular formula is C14H26N4. The second-order valence-corrected chi connectivity index (χ2v) is 5.98. The number of rotatable bonds is 6. The molecule has 4 nitrogen and oxygen atoms in total. The maximum Gasteiger partial charge on any atom is 0.0692 e. The standard InChI is InChI=1S/C14H26N4/c1-12(2)10-13-4-3-5-14(11-13)15-6-8-18-9-7-16-17-18/h7,9,12-15H,3-6,8,10-11H2,1-2H3. The van der Waals surface area contributed by atoms with Gasteiger partial charge in [-0.25, -0.2) is 0 Å². The highest BCUT2D eigenvalue weighted by atomic mass is 15.4. The lowest BCUT2D eigenvalue weighted by Crippen LogP contribution is -2.36. The van der Waals surface area contributed by atoms with Crippen LogP contribution in [0.5, 0.6) is 0 Å². The van der Waals surface area contributed by atoms with E-state index in [1.54, 1.807) is 6.20 Å². The van der Waals surface area contributed by atoms with Crippen LogP contribution in [-0.4, -0.2) is 27.6 Å². The Hall–Kier alpha value is -0.900. The number of nitrogens with one attached hydrogen (secondary N) is 1. The quantitative estimate of drug-likeness (QED) is 0.843. The van der Waals surface area contributed by atoms with Crippen LogP contribution in [0.25, 0.3) is 0 Å². The van der Waals surface area contributed by atoms with Crippen LogP contribution in [0.3, 0.4) is 0 Å². The molecule has 0 bridgehead atoms. The third-order valence-electron chi connectivity index (χ3n) is 3.83. The smallest absolute Gasteiger partial charge is 0.0692 e. The molecule has 1 aromatic heterocycles. The molecule has 1 aliphatic carbocycles. The second-order valence-electron chi connectivity index (χ2n) is 5.98. The highest BCUT2D eigenvalue weighted by Crippen LogP contribution is 2.29. The molecule has 1 heterocycles. The van der Waals surface area contributed by atoms with Gasteiger partial charge in [0, 0.05) is 18.8 Å². The van der Waals surface area contributed by atoms with E-state index in [0.717, 1.165) is 24.9 Å². The van der Waals surface area contributed by atoms with Crippen molar-refractivity contribution in [1.29, 1.82) is 0 Å². The summed E-state index contributed by atoms with van der Waals surface area (Å²) in [5.74, 6) is 1.77. The molecule has 0 saturated heterocycles. The van der Waals surface area contributed by atoms with Crippen molar-refractivity contribution in [2.45, 2.75) is 58.5 Å². The fraction of sp³-hybridized carbons (Fsp3) is 0.857. The minimum absolute atomic E-state index is 0.714. The Morgan fingerprint density at radius 3 is 3.00 bits per heavy atom. The summed E-state index contributed by atoms with van der Waals surface area (Å²) in [4.78, 5) is 0. The van der Waals surface area contributed by atoms with Gasteiger partial charge >= 0.3 is 0 Å². The molecular weight excluding hydrogens is 224 g/mol. The molecule has 0 amide bonds. The Balaban J connectivity index is 1.66. The molecule has 2 unspecified atom stereocenters. The summed E-state index contributed by atoms with van der Waals surface area (Å²) < 4.78 is 1.89. The molecule has 1 aromatic rings. The van der Waals surface area contributed by atoms with Crippen molar-refractivity contribution >= 4 is 0 Å². The lowest BCUT2D eigenvalue weighted by atomic mass is 9.81. The zero-order valence-corrected chi connectivity index (χ0v) is 11.7. The van der Waals surface area contributed by atoms with Crippen LogP contribution in [0.1, 0.15) is 46.0 Å². The van der Waals surface area contributed by atoms with Crippen LogP contribution in [0, 0.1) is 11.8 Å². The van der Waals surface area contributed by atoms with Gasteiger partial charge in [0.15, 0.2) is 0 Å². The Morgan fingerprint density at radius 1 is 1.39 bits per heavy atom. The van der Waals surface area contributed by atoms with E-state index in [1.807, 2.05) is 10.9 Å². The predicted octanol–water partition coefficient (Wildman–Crippen LogP) is 2.47. The Morgan fingerprint density at radius 2 is 2.28 bits per heavy atom. The lowest BCUT2D eigenvalue weighted by Gasteiger charge is -2.30. The average molecular weight is 250 g/mol. The first-order valence-electron chi connectivity index (χ1n) is 7.31. The molecule has 0 spiro atoms. The van der Waals surface area contributed by atoms with E-state index in [9.17, 15) is 0 Å². The maximum atomic E-state index is 3.98. The number of aromatic nitrogens is 3. The molecule has 1 N–H and O–H groups in total. The number of hydrogen-bond acceptors (Lipinski definition) is 3. The fourth-order valence-corrected chi connectivity index (χ4v) is 3.09. The minimum atomic E-state index is 0.714. The first kappa shape index (κ1) is 13.5. The van der Waals surface area contributed by atoms with Gasteiger partial charge in [-0.15, -0.1) is 5.10 Å². The van der Waals surface area contributed by atoms with Gasteiger partial charge < -0.3 is 5.32 Å². The summed E-state index contributed by atoms with van der Waals surface area (Å²) in [5, 5.41) is 11.5. The highest BCUT2D eigenvalue weighted by molar-refractivity contribution is 4.78. The molecule has 1 aliphatic rings. The zero-order chi connectivity index (χ0) is 12.8. The van der Waals surface area contributed by atoms with Crippen molar-refractivity contribution in [1.82, 2.24) is 20.3 Å². The second kappa shape index (κ2) is 6.88.